The first-order chi connectivity index (χ1) is 11.3. The molecule has 3 heteroatoms. The van der Waals surface area contributed by atoms with Crippen LogP contribution in [-0.4, -0.2) is 29.0 Å². The molecule has 1 atom stereocenters. The lowest BCUT2D eigenvalue weighted by Crippen LogP contribution is -2.28. The van der Waals surface area contributed by atoms with Crippen LogP contribution in [0.3, 0.4) is 0 Å². The van der Waals surface area contributed by atoms with Gasteiger partial charge in [-0.2, -0.15) is 0 Å². The maximum Gasteiger partial charge on any atom is 0.123 e. The van der Waals surface area contributed by atoms with Gasteiger partial charge in [-0.05, 0) is 55.1 Å². The summed E-state index contributed by atoms with van der Waals surface area (Å²) in [6.45, 7) is 4.81. The Morgan fingerprint density at radius 1 is 1.17 bits per heavy atom. The molecule has 0 unspecified atom stereocenters. The first kappa shape index (κ1) is 14.9. The average molecular weight is 322 g/mol. The summed E-state index contributed by atoms with van der Waals surface area (Å²) in [6, 6.07) is 14.3. The second-order valence-corrected chi connectivity index (χ2v) is 7.41. The number of nitrogens with zero attached hydrogens (tertiary/aromatic N) is 2. The predicted molar refractivity (Wildman–Crippen MR) is 99.0 cm³/mol. The Balaban J connectivity index is 1.53. The lowest BCUT2D eigenvalue weighted by molar-refractivity contribution is 0.272. The molecular weight excluding hydrogens is 300 g/mol. The second-order valence-electron chi connectivity index (χ2n) is 6.51. The summed E-state index contributed by atoms with van der Waals surface area (Å²) in [7, 11) is 0. The normalized spacial score (nSPS) is 18.7. The highest BCUT2D eigenvalue weighted by Gasteiger charge is 2.19. The fraction of sp³-hybridized carbons (Fsp3) is 0.350. The standard InChI is InChI=1S/C20H22N2S/c1-15-3-2-10-22(15)11-8-16-4-5-18-14-19(7-6-17(18)13-16)20-21-9-12-23-20/h4-7,9,12-15H,2-3,8,10-11H2,1H3/t15-/m0/s1. The largest absolute Gasteiger partial charge is 0.300 e. The highest BCUT2D eigenvalue weighted by atomic mass is 32.1. The Hall–Kier alpha value is -1.71. The maximum absolute atomic E-state index is 4.40. The minimum atomic E-state index is 0.760. The summed E-state index contributed by atoms with van der Waals surface area (Å²) in [6.07, 6.45) is 5.73. The van der Waals surface area contributed by atoms with Crippen molar-refractivity contribution >= 4 is 22.1 Å². The Morgan fingerprint density at radius 2 is 2.04 bits per heavy atom. The molecule has 23 heavy (non-hydrogen) atoms. The quantitative estimate of drug-likeness (QED) is 0.672. The highest BCUT2D eigenvalue weighted by molar-refractivity contribution is 7.13. The molecule has 2 heterocycles. The smallest absolute Gasteiger partial charge is 0.123 e. The molecule has 1 saturated heterocycles. The van der Waals surface area contributed by atoms with E-state index in [9.17, 15) is 0 Å². The van der Waals surface area contributed by atoms with Gasteiger partial charge in [0.25, 0.3) is 0 Å². The van der Waals surface area contributed by atoms with E-state index in [0.717, 1.165) is 17.5 Å². The third kappa shape index (κ3) is 3.17. The van der Waals surface area contributed by atoms with Crippen LogP contribution in [0.2, 0.25) is 0 Å². The number of thiazole rings is 1. The molecule has 1 fully saturated rings. The number of hydrogen-bond donors (Lipinski definition) is 0. The van der Waals surface area contributed by atoms with Gasteiger partial charge in [-0.15, -0.1) is 11.3 Å². The van der Waals surface area contributed by atoms with Crippen LogP contribution < -0.4 is 0 Å². The van der Waals surface area contributed by atoms with Gasteiger partial charge in [0.15, 0.2) is 0 Å². The molecule has 2 nitrogen and oxygen atoms in total. The molecule has 1 aliphatic heterocycles. The molecule has 1 aromatic heterocycles. The third-order valence-electron chi connectivity index (χ3n) is 4.96. The number of rotatable bonds is 4. The molecule has 1 aliphatic rings. The predicted octanol–water partition coefficient (Wildman–Crippen LogP) is 4.99. The van der Waals surface area contributed by atoms with Crippen molar-refractivity contribution in [1.29, 1.82) is 0 Å². The van der Waals surface area contributed by atoms with Gasteiger partial charge in [-0.1, -0.05) is 30.3 Å². The summed E-state index contributed by atoms with van der Waals surface area (Å²) in [5.74, 6) is 0. The lowest BCUT2D eigenvalue weighted by atomic mass is 10.0. The molecule has 0 bridgehead atoms. The van der Waals surface area contributed by atoms with E-state index < -0.39 is 0 Å². The molecular formula is C20H22N2S. The van der Waals surface area contributed by atoms with Gasteiger partial charge in [0.05, 0.1) is 0 Å². The molecule has 2 aromatic carbocycles. The van der Waals surface area contributed by atoms with Crippen molar-refractivity contribution in [2.75, 3.05) is 13.1 Å². The summed E-state index contributed by atoms with van der Waals surface area (Å²) in [4.78, 5) is 7.03. The van der Waals surface area contributed by atoms with Crippen LogP contribution in [0.1, 0.15) is 25.3 Å². The Bertz CT molecular complexity index is 795. The highest BCUT2D eigenvalue weighted by Crippen LogP contribution is 2.27. The van der Waals surface area contributed by atoms with E-state index in [4.69, 9.17) is 0 Å². The number of hydrogen-bond acceptors (Lipinski definition) is 3. The van der Waals surface area contributed by atoms with Crippen molar-refractivity contribution in [1.82, 2.24) is 9.88 Å². The Kier molecular flexibility index (Phi) is 4.15. The van der Waals surface area contributed by atoms with E-state index in [1.54, 1.807) is 11.3 Å². The molecule has 118 valence electrons. The van der Waals surface area contributed by atoms with Crippen LogP contribution in [0.4, 0.5) is 0 Å². The van der Waals surface area contributed by atoms with Crippen LogP contribution >= 0.6 is 11.3 Å². The van der Waals surface area contributed by atoms with Crippen LogP contribution in [0, 0.1) is 0 Å². The first-order valence-corrected chi connectivity index (χ1v) is 9.34. The zero-order valence-electron chi connectivity index (χ0n) is 13.5. The number of aromatic nitrogens is 1. The fourth-order valence-corrected chi connectivity index (χ4v) is 4.18. The zero-order valence-corrected chi connectivity index (χ0v) is 14.4. The van der Waals surface area contributed by atoms with E-state index in [2.05, 4.69) is 53.2 Å². The van der Waals surface area contributed by atoms with Crippen LogP contribution in [0.15, 0.2) is 48.0 Å². The van der Waals surface area contributed by atoms with Gasteiger partial charge >= 0.3 is 0 Å². The van der Waals surface area contributed by atoms with Gasteiger partial charge in [-0.25, -0.2) is 4.98 Å². The van der Waals surface area contributed by atoms with E-state index >= 15 is 0 Å². The van der Waals surface area contributed by atoms with Crippen LogP contribution in [0.5, 0.6) is 0 Å². The van der Waals surface area contributed by atoms with Crippen molar-refractivity contribution < 1.29 is 0 Å². The molecule has 0 saturated carbocycles. The molecule has 0 radical (unpaired) electrons. The number of benzene rings is 2. The summed E-state index contributed by atoms with van der Waals surface area (Å²) in [5.41, 5.74) is 2.66. The molecule has 0 amide bonds. The summed E-state index contributed by atoms with van der Waals surface area (Å²) in [5, 5.41) is 5.76. The van der Waals surface area contributed by atoms with Crippen molar-refractivity contribution in [3.05, 3.63) is 53.5 Å². The second kappa shape index (κ2) is 6.42. The van der Waals surface area contributed by atoms with E-state index in [1.165, 1.54) is 47.8 Å². The van der Waals surface area contributed by atoms with Crippen LogP contribution in [-0.2, 0) is 6.42 Å². The fourth-order valence-electron chi connectivity index (χ4n) is 3.55. The van der Waals surface area contributed by atoms with E-state index in [0.29, 0.717) is 0 Å². The average Bonchev–Trinajstić information content (AvgIpc) is 3.24. The van der Waals surface area contributed by atoms with Crippen molar-refractivity contribution in [2.45, 2.75) is 32.2 Å². The SMILES string of the molecule is C[C@H]1CCCN1CCc1ccc2cc(-c3nccs3)ccc2c1. The van der Waals surface area contributed by atoms with E-state index in [-0.39, 0.29) is 0 Å². The lowest BCUT2D eigenvalue weighted by Gasteiger charge is -2.20. The monoisotopic (exact) mass is 322 g/mol. The maximum atomic E-state index is 4.40. The molecule has 4 rings (SSSR count). The molecule has 0 N–H and O–H groups in total. The van der Waals surface area contributed by atoms with Gasteiger partial charge < -0.3 is 4.90 Å². The van der Waals surface area contributed by atoms with Crippen molar-refractivity contribution in [3.63, 3.8) is 0 Å². The summed E-state index contributed by atoms with van der Waals surface area (Å²) >= 11 is 1.69. The van der Waals surface area contributed by atoms with E-state index in [1.807, 2.05) is 11.6 Å². The first-order valence-electron chi connectivity index (χ1n) is 8.46. The zero-order chi connectivity index (χ0) is 15.6. The van der Waals surface area contributed by atoms with Crippen molar-refractivity contribution in [3.8, 4) is 10.6 Å². The minimum Gasteiger partial charge on any atom is -0.300 e. The molecule has 0 aliphatic carbocycles. The number of likely N-dealkylation sites (tertiary alicyclic amines) is 1. The molecule has 0 spiro atoms. The van der Waals surface area contributed by atoms with Gasteiger partial charge in [-0.3, -0.25) is 0 Å². The number of fused-ring (bicyclic) bond motifs is 1. The summed E-state index contributed by atoms with van der Waals surface area (Å²) < 4.78 is 0. The van der Waals surface area contributed by atoms with Gasteiger partial charge in [0.1, 0.15) is 5.01 Å². The topological polar surface area (TPSA) is 16.1 Å². The Labute approximate surface area is 141 Å². The minimum absolute atomic E-state index is 0.760. The van der Waals surface area contributed by atoms with Gasteiger partial charge in [0, 0.05) is 29.7 Å². The third-order valence-corrected chi connectivity index (χ3v) is 5.78. The molecule has 3 aromatic rings. The van der Waals surface area contributed by atoms with Crippen LogP contribution in [0.25, 0.3) is 21.3 Å². The Morgan fingerprint density at radius 3 is 2.83 bits per heavy atom. The van der Waals surface area contributed by atoms with Gasteiger partial charge in [0.2, 0.25) is 0 Å². The van der Waals surface area contributed by atoms with Crippen molar-refractivity contribution in [2.24, 2.45) is 0 Å².